The number of nitrogens with one attached hydrogen (secondary N) is 1. The van der Waals surface area contributed by atoms with Gasteiger partial charge in [-0.3, -0.25) is 4.90 Å². The molecular weight excluding hydrogens is 172 g/mol. The van der Waals surface area contributed by atoms with Gasteiger partial charge in [-0.25, -0.2) is 0 Å². The van der Waals surface area contributed by atoms with Gasteiger partial charge in [-0.05, 0) is 7.05 Å². The minimum absolute atomic E-state index is 0.687. The molecule has 0 radical (unpaired) electrons. The van der Waals surface area contributed by atoms with Crippen LogP contribution in [0.5, 0.6) is 0 Å². The zero-order valence-corrected chi connectivity index (χ0v) is 7.84. The van der Waals surface area contributed by atoms with Crippen LogP contribution in [0.1, 0.15) is 5.69 Å². The first kappa shape index (κ1) is 8.10. The molecule has 0 atom stereocenters. The number of hydrogen-bond acceptors (Lipinski definition) is 5. The van der Waals surface area contributed by atoms with Gasteiger partial charge in [-0.1, -0.05) is 0 Å². The maximum Gasteiger partial charge on any atom is 0.0883 e. The number of likely N-dealkylation sites (N-methyl/N-ethyl adjacent to an activating group) is 1. The monoisotopic (exact) mass is 184 g/mol. The zero-order valence-electron chi connectivity index (χ0n) is 7.03. The van der Waals surface area contributed by atoms with Crippen molar-refractivity contribution in [2.75, 3.05) is 20.1 Å². The average Bonchev–Trinajstić information content (AvgIpc) is 2.34. The molecule has 0 spiro atoms. The molecule has 1 aliphatic rings. The molecule has 0 bridgehead atoms. The fraction of sp³-hybridized carbons (Fsp3) is 0.714. The highest BCUT2D eigenvalue weighted by Gasteiger charge is 2.21. The van der Waals surface area contributed by atoms with Crippen LogP contribution in [0.4, 0.5) is 0 Å². The van der Waals surface area contributed by atoms with Crippen LogP contribution in [0.3, 0.4) is 0 Å². The van der Waals surface area contributed by atoms with Crippen molar-refractivity contribution in [3.8, 4) is 0 Å². The normalized spacial score (nSPS) is 18.2. The Kier molecular flexibility index (Phi) is 2.34. The lowest BCUT2D eigenvalue weighted by Crippen LogP contribution is -2.55. The van der Waals surface area contributed by atoms with E-state index in [4.69, 9.17) is 0 Å². The Bertz CT molecular complexity index is 232. The van der Waals surface area contributed by atoms with Crippen LogP contribution in [0.25, 0.3) is 0 Å². The Morgan fingerprint density at radius 3 is 3.08 bits per heavy atom. The van der Waals surface area contributed by atoms with Crippen LogP contribution in [0.2, 0.25) is 0 Å². The van der Waals surface area contributed by atoms with Crippen molar-refractivity contribution in [1.82, 2.24) is 19.0 Å². The van der Waals surface area contributed by atoms with Crippen molar-refractivity contribution in [2.24, 2.45) is 0 Å². The Morgan fingerprint density at radius 1 is 1.75 bits per heavy atom. The number of aromatic nitrogens is 2. The van der Waals surface area contributed by atoms with Crippen molar-refractivity contribution in [3.63, 3.8) is 0 Å². The molecule has 2 heterocycles. The summed E-state index contributed by atoms with van der Waals surface area (Å²) in [6.07, 6.45) is 1.84. The number of nitrogens with zero attached hydrogens (tertiary/aromatic N) is 3. The molecule has 0 aromatic carbocycles. The topological polar surface area (TPSA) is 41.1 Å². The summed E-state index contributed by atoms with van der Waals surface area (Å²) in [5.41, 5.74) is 1.08. The molecule has 4 nitrogen and oxygen atoms in total. The average molecular weight is 184 g/mol. The summed E-state index contributed by atoms with van der Waals surface area (Å²) < 4.78 is 8.13. The van der Waals surface area contributed by atoms with E-state index in [1.54, 1.807) is 0 Å². The summed E-state index contributed by atoms with van der Waals surface area (Å²) in [4.78, 5) is 2.31. The minimum atomic E-state index is 0.687. The van der Waals surface area contributed by atoms with Crippen LogP contribution in [-0.2, 0) is 6.54 Å². The Labute approximate surface area is 75.9 Å². The van der Waals surface area contributed by atoms with E-state index in [0.717, 1.165) is 25.3 Å². The van der Waals surface area contributed by atoms with Gasteiger partial charge in [0.15, 0.2) is 0 Å². The van der Waals surface area contributed by atoms with Crippen molar-refractivity contribution in [1.29, 1.82) is 0 Å². The molecule has 1 aromatic rings. The van der Waals surface area contributed by atoms with Gasteiger partial charge in [0.1, 0.15) is 0 Å². The Hall–Kier alpha value is -0.520. The molecule has 12 heavy (non-hydrogen) atoms. The molecule has 0 saturated carbocycles. The van der Waals surface area contributed by atoms with Crippen molar-refractivity contribution >= 4 is 11.7 Å². The molecule has 0 aliphatic carbocycles. The number of hydrogen-bond donors (Lipinski definition) is 1. The summed E-state index contributed by atoms with van der Waals surface area (Å²) in [6.45, 7) is 3.13. The van der Waals surface area contributed by atoms with Crippen molar-refractivity contribution in [2.45, 2.75) is 12.6 Å². The molecule has 0 amide bonds. The van der Waals surface area contributed by atoms with Crippen LogP contribution in [0, 0.1) is 0 Å². The third kappa shape index (κ3) is 1.63. The molecule has 2 rings (SSSR count). The summed E-state index contributed by atoms with van der Waals surface area (Å²) in [6, 6.07) is 0.687. The summed E-state index contributed by atoms with van der Waals surface area (Å²) >= 11 is 1.28. The molecule has 1 saturated heterocycles. The SMILES string of the molecule is CN(Cc1cnsn1)C1CNC1. The zero-order chi connectivity index (χ0) is 8.39. The third-order valence-corrected chi connectivity index (χ3v) is 2.72. The second-order valence-corrected chi connectivity index (χ2v) is 3.68. The third-order valence-electron chi connectivity index (χ3n) is 2.20. The first-order valence-corrected chi connectivity index (χ1v) is 4.76. The lowest BCUT2D eigenvalue weighted by molar-refractivity contribution is 0.171. The lowest BCUT2D eigenvalue weighted by Gasteiger charge is -2.35. The van der Waals surface area contributed by atoms with E-state index in [9.17, 15) is 0 Å². The highest BCUT2D eigenvalue weighted by Crippen LogP contribution is 2.06. The minimum Gasteiger partial charge on any atom is -0.314 e. The molecular formula is C7H12N4S. The van der Waals surface area contributed by atoms with Crippen LogP contribution >= 0.6 is 11.7 Å². The van der Waals surface area contributed by atoms with Gasteiger partial charge >= 0.3 is 0 Å². The fourth-order valence-corrected chi connectivity index (χ4v) is 1.65. The molecule has 5 heteroatoms. The van der Waals surface area contributed by atoms with E-state index < -0.39 is 0 Å². The van der Waals surface area contributed by atoms with E-state index >= 15 is 0 Å². The molecule has 1 aliphatic heterocycles. The van der Waals surface area contributed by atoms with E-state index in [-0.39, 0.29) is 0 Å². The van der Waals surface area contributed by atoms with E-state index in [0.29, 0.717) is 6.04 Å². The van der Waals surface area contributed by atoms with Gasteiger partial charge in [-0.2, -0.15) is 8.75 Å². The van der Waals surface area contributed by atoms with Crippen molar-refractivity contribution in [3.05, 3.63) is 11.9 Å². The van der Waals surface area contributed by atoms with Gasteiger partial charge in [0.2, 0.25) is 0 Å². The predicted octanol–water partition coefficient (Wildman–Crippen LogP) is -0.0583. The van der Waals surface area contributed by atoms with Gasteiger partial charge in [0, 0.05) is 25.7 Å². The van der Waals surface area contributed by atoms with Crippen molar-refractivity contribution < 1.29 is 0 Å². The second-order valence-electron chi connectivity index (χ2n) is 3.13. The Balaban J connectivity index is 1.86. The maximum absolute atomic E-state index is 4.17. The van der Waals surface area contributed by atoms with Gasteiger partial charge in [0.25, 0.3) is 0 Å². The largest absolute Gasteiger partial charge is 0.314 e. The van der Waals surface area contributed by atoms with Crippen LogP contribution in [0.15, 0.2) is 6.20 Å². The first-order chi connectivity index (χ1) is 5.86. The summed E-state index contributed by atoms with van der Waals surface area (Å²) in [5.74, 6) is 0. The fourth-order valence-electron chi connectivity index (χ4n) is 1.22. The van der Waals surface area contributed by atoms with Crippen LogP contribution in [-0.4, -0.2) is 39.8 Å². The van der Waals surface area contributed by atoms with E-state index in [2.05, 4.69) is 26.0 Å². The lowest BCUT2D eigenvalue weighted by atomic mass is 10.1. The smallest absolute Gasteiger partial charge is 0.0883 e. The molecule has 0 unspecified atom stereocenters. The maximum atomic E-state index is 4.17. The second kappa shape index (κ2) is 3.47. The van der Waals surface area contributed by atoms with E-state index in [1.807, 2.05) is 6.20 Å². The summed E-state index contributed by atoms with van der Waals surface area (Å²) in [7, 11) is 2.13. The standard InChI is InChI=1S/C7H12N4S/c1-11(7-3-8-4-7)5-6-2-9-12-10-6/h2,7-8H,3-5H2,1H3. The highest BCUT2D eigenvalue weighted by molar-refractivity contribution is 6.99. The first-order valence-electron chi connectivity index (χ1n) is 4.03. The van der Waals surface area contributed by atoms with Gasteiger partial charge < -0.3 is 5.32 Å². The van der Waals surface area contributed by atoms with E-state index in [1.165, 1.54) is 11.7 Å². The molecule has 1 fully saturated rings. The highest BCUT2D eigenvalue weighted by atomic mass is 32.1. The molecule has 66 valence electrons. The molecule has 1 N–H and O–H groups in total. The number of rotatable bonds is 3. The quantitative estimate of drug-likeness (QED) is 0.714. The predicted molar refractivity (Wildman–Crippen MR) is 48.0 cm³/mol. The molecule has 1 aromatic heterocycles. The van der Waals surface area contributed by atoms with Gasteiger partial charge in [-0.15, -0.1) is 0 Å². The Morgan fingerprint density at radius 2 is 2.58 bits per heavy atom. The van der Waals surface area contributed by atoms with Gasteiger partial charge in [0.05, 0.1) is 23.6 Å². The van der Waals surface area contributed by atoms with Crippen LogP contribution < -0.4 is 5.32 Å². The summed E-state index contributed by atoms with van der Waals surface area (Å²) in [5, 5.41) is 3.25.